The Kier molecular flexibility index (Phi) is 4.83. The second-order valence-electron chi connectivity index (χ2n) is 5.84. The fourth-order valence-corrected chi connectivity index (χ4v) is 2.86. The van der Waals surface area contributed by atoms with Gasteiger partial charge in [-0.05, 0) is 30.4 Å². The fourth-order valence-electron chi connectivity index (χ4n) is 2.86. The Bertz CT molecular complexity index is 520. The zero-order valence-corrected chi connectivity index (χ0v) is 12.8. The van der Waals surface area contributed by atoms with E-state index in [2.05, 4.69) is 19.2 Å². The van der Waals surface area contributed by atoms with Crippen molar-refractivity contribution in [1.82, 2.24) is 4.90 Å². The van der Waals surface area contributed by atoms with Crippen molar-refractivity contribution in [2.75, 3.05) is 25.5 Å². The van der Waals surface area contributed by atoms with Crippen LogP contribution in [-0.4, -0.2) is 36.9 Å². The molecular weight excluding hydrogens is 268 g/mol. The van der Waals surface area contributed by atoms with Gasteiger partial charge >= 0.3 is 11.8 Å². The van der Waals surface area contributed by atoms with Crippen LogP contribution in [0.15, 0.2) is 24.3 Å². The fraction of sp³-hybridized carbons (Fsp3) is 0.500. The number of anilines is 1. The molecule has 2 amide bonds. The zero-order chi connectivity index (χ0) is 15.4. The lowest BCUT2D eigenvalue weighted by Crippen LogP contribution is -2.47. The van der Waals surface area contributed by atoms with E-state index in [0.29, 0.717) is 36.4 Å². The minimum Gasteiger partial charge on any atom is -0.497 e. The molecule has 2 unspecified atom stereocenters. The van der Waals surface area contributed by atoms with Crippen molar-refractivity contribution in [2.24, 2.45) is 11.8 Å². The summed E-state index contributed by atoms with van der Waals surface area (Å²) in [5.74, 6) is 0.450. The van der Waals surface area contributed by atoms with Gasteiger partial charge in [-0.3, -0.25) is 9.59 Å². The predicted molar refractivity (Wildman–Crippen MR) is 81.1 cm³/mol. The Morgan fingerprint density at radius 1 is 1.24 bits per heavy atom. The minimum atomic E-state index is -0.593. The summed E-state index contributed by atoms with van der Waals surface area (Å²) < 4.78 is 5.09. The lowest BCUT2D eigenvalue weighted by atomic mass is 9.92. The van der Waals surface area contributed by atoms with Crippen molar-refractivity contribution in [3.05, 3.63) is 24.3 Å². The first-order chi connectivity index (χ1) is 9.99. The molecule has 1 aromatic carbocycles. The summed E-state index contributed by atoms with van der Waals surface area (Å²) in [5.41, 5.74) is 0.561. The smallest absolute Gasteiger partial charge is 0.313 e. The van der Waals surface area contributed by atoms with Gasteiger partial charge in [0.25, 0.3) is 0 Å². The van der Waals surface area contributed by atoms with Crippen LogP contribution >= 0.6 is 0 Å². The number of nitrogens with zero attached hydrogens (tertiary/aromatic N) is 1. The van der Waals surface area contributed by atoms with E-state index in [-0.39, 0.29) is 0 Å². The molecule has 0 spiro atoms. The maximum Gasteiger partial charge on any atom is 0.313 e. The Hall–Kier alpha value is -2.04. The van der Waals surface area contributed by atoms with Crippen LogP contribution in [-0.2, 0) is 9.59 Å². The van der Waals surface area contributed by atoms with Crippen LogP contribution in [0.1, 0.15) is 20.3 Å². The molecule has 0 aliphatic carbocycles. The summed E-state index contributed by atoms with van der Waals surface area (Å²) in [6, 6.07) is 6.97. The van der Waals surface area contributed by atoms with Crippen LogP contribution in [0.3, 0.4) is 0 Å². The van der Waals surface area contributed by atoms with Gasteiger partial charge in [0.15, 0.2) is 0 Å². The average molecular weight is 290 g/mol. The highest BCUT2D eigenvalue weighted by atomic mass is 16.5. The molecule has 0 bridgehead atoms. The van der Waals surface area contributed by atoms with Crippen molar-refractivity contribution in [1.29, 1.82) is 0 Å². The van der Waals surface area contributed by atoms with E-state index < -0.39 is 11.8 Å². The highest BCUT2D eigenvalue weighted by Crippen LogP contribution is 2.21. The van der Waals surface area contributed by atoms with Gasteiger partial charge in [-0.1, -0.05) is 19.9 Å². The molecule has 1 aliphatic heterocycles. The largest absolute Gasteiger partial charge is 0.497 e. The van der Waals surface area contributed by atoms with E-state index in [1.165, 1.54) is 0 Å². The SMILES string of the molecule is COc1cccc(NC(=O)C(=O)N2CC(C)CC(C)C2)c1. The molecule has 1 aromatic rings. The van der Waals surface area contributed by atoms with Gasteiger partial charge in [0.2, 0.25) is 0 Å². The normalized spacial score (nSPS) is 21.8. The van der Waals surface area contributed by atoms with Crippen LogP contribution in [0.25, 0.3) is 0 Å². The first kappa shape index (κ1) is 15.4. The Morgan fingerprint density at radius 2 is 1.90 bits per heavy atom. The monoisotopic (exact) mass is 290 g/mol. The molecule has 1 aliphatic rings. The van der Waals surface area contributed by atoms with Crippen LogP contribution < -0.4 is 10.1 Å². The molecule has 5 nitrogen and oxygen atoms in total. The number of likely N-dealkylation sites (tertiary alicyclic amines) is 1. The third-order valence-corrected chi connectivity index (χ3v) is 3.68. The maximum absolute atomic E-state index is 12.2. The molecule has 21 heavy (non-hydrogen) atoms. The molecule has 1 saturated heterocycles. The van der Waals surface area contributed by atoms with E-state index in [1.54, 1.807) is 36.3 Å². The number of nitrogens with one attached hydrogen (secondary N) is 1. The van der Waals surface area contributed by atoms with Crippen molar-refractivity contribution < 1.29 is 14.3 Å². The van der Waals surface area contributed by atoms with E-state index in [4.69, 9.17) is 4.74 Å². The third-order valence-electron chi connectivity index (χ3n) is 3.68. The van der Waals surface area contributed by atoms with Gasteiger partial charge < -0.3 is 15.0 Å². The molecule has 0 aromatic heterocycles. The first-order valence-electron chi connectivity index (χ1n) is 7.24. The maximum atomic E-state index is 12.2. The summed E-state index contributed by atoms with van der Waals surface area (Å²) in [7, 11) is 1.56. The molecular formula is C16H22N2O3. The number of hydrogen-bond acceptors (Lipinski definition) is 3. The van der Waals surface area contributed by atoms with Gasteiger partial charge in [-0.15, -0.1) is 0 Å². The lowest BCUT2D eigenvalue weighted by molar-refractivity contribution is -0.144. The second kappa shape index (κ2) is 6.61. The van der Waals surface area contributed by atoms with Crippen molar-refractivity contribution >= 4 is 17.5 Å². The van der Waals surface area contributed by atoms with E-state index in [9.17, 15) is 9.59 Å². The highest BCUT2D eigenvalue weighted by molar-refractivity contribution is 6.39. The van der Waals surface area contributed by atoms with E-state index >= 15 is 0 Å². The van der Waals surface area contributed by atoms with Crippen LogP contribution in [0.4, 0.5) is 5.69 Å². The van der Waals surface area contributed by atoms with Crippen LogP contribution in [0.2, 0.25) is 0 Å². The van der Waals surface area contributed by atoms with E-state index in [0.717, 1.165) is 6.42 Å². The van der Waals surface area contributed by atoms with Gasteiger partial charge in [0, 0.05) is 24.8 Å². The van der Waals surface area contributed by atoms with Crippen LogP contribution in [0.5, 0.6) is 5.75 Å². The number of carbonyl (C=O) groups excluding carboxylic acids is 2. The summed E-state index contributed by atoms with van der Waals surface area (Å²) in [6.45, 7) is 5.51. The molecule has 0 radical (unpaired) electrons. The van der Waals surface area contributed by atoms with Crippen LogP contribution in [0, 0.1) is 11.8 Å². The predicted octanol–water partition coefficient (Wildman–Crippen LogP) is 2.14. The van der Waals surface area contributed by atoms with Crippen molar-refractivity contribution in [2.45, 2.75) is 20.3 Å². The number of piperidine rings is 1. The van der Waals surface area contributed by atoms with Gasteiger partial charge in [0.05, 0.1) is 7.11 Å². The quantitative estimate of drug-likeness (QED) is 0.849. The molecule has 0 saturated carbocycles. The Morgan fingerprint density at radius 3 is 2.52 bits per heavy atom. The van der Waals surface area contributed by atoms with Crippen molar-refractivity contribution in [3.8, 4) is 5.75 Å². The average Bonchev–Trinajstić information content (AvgIpc) is 2.45. The standard InChI is InChI=1S/C16H22N2O3/c1-11-7-12(2)10-18(9-11)16(20)15(19)17-13-5-4-6-14(8-13)21-3/h4-6,8,11-12H,7,9-10H2,1-3H3,(H,17,19). The molecule has 1 heterocycles. The molecule has 5 heteroatoms. The Balaban J connectivity index is 2.00. The molecule has 1 fully saturated rings. The summed E-state index contributed by atoms with van der Waals surface area (Å²) in [6.07, 6.45) is 1.10. The number of amides is 2. The zero-order valence-electron chi connectivity index (χ0n) is 12.8. The summed E-state index contributed by atoms with van der Waals surface area (Å²) >= 11 is 0. The summed E-state index contributed by atoms with van der Waals surface area (Å²) in [4.78, 5) is 26.0. The lowest BCUT2D eigenvalue weighted by Gasteiger charge is -2.34. The van der Waals surface area contributed by atoms with Gasteiger partial charge in [-0.25, -0.2) is 0 Å². The number of hydrogen-bond donors (Lipinski definition) is 1. The Labute approximate surface area is 125 Å². The molecule has 2 rings (SSSR count). The number of ether oxygens (including phenoxy) is 1. The van der Waals surface area contributed by atoms with E-state index in [1.807, 2.05) is 0 Å². The van der Waals surface area contributed by atoms with Crippen molar-refractivity contribution in [3.63, 3.8) is 0 Å². The summed E-state index contributed by atoms with van der Waals surface area (Å²) in [5, 5.41) is 2.63. The highest BCUT2D eigenvalue weighted by Gasteiger charge is 2.29. The minimum absolute atomic E-state index is 0.433. The number of methoxy groups -OCH3 is 1. The topological polar surface area (TPSA) is 58.6 Å². The molecule has 1 N–H and O–H groups in total. The third kappa shape index (κ3) is 3.97. The molecule has 2 atom stereocenters. The first-order valence-corrected chi connectivity index (χ1v) is 7.24. The van der Waals surface area contributed by atoms with Gasteiger partial charge in [0.1, 0.15) is 5.75 Å². The number of rotatable bonds is 2. The second-order valence-corrected chi connectivity index (χ2v) is 5.84. The molecule has 114 valence electrons. The van der Waals surface area contributed by atoms with Gasteiger partial charge in [-0.2, -0.15) is 0 Å². The number of carbonyl (C=O) groups is 2. The number of benzene rings is 1.